The Hall–Kier alpha value is -4.19. The molecule has 1 aromatic carbocycles. The summed E-state index contributed by atoms with van der Waals surface area (Å²) in [6.45, 7) is -0.240. The van der Waals surface area contributed by atoms with E-state index in [4.69, 9.17) is 4.74 Å². The maximum atomic E-state index is 13.3. The minimum absolute atomic E-state index is 0.104. The number of nitrogens with zero attached hydrogens (tertiary/aromatic N) is 2. The maximum Gasteiger partial charge on any atom is 0.407 e. The van der Waals surface area contributed by atoms with E-state index in [0.717, 1.165) is 18.4 Å². The Morgan fingerprint density at radius 1 is 1.05 bits per heavy atom. The number of aromatic nitrogens is 1. The summed E-state index contributed by atoms with van der Waals surface area (Å²) in [6.07, 6.45) is 3.43. The van der Waals surface area contributed by atoms with Crippen LogP contribution in [0.15, 0.2) is 54.7 Å². The van der Waals surface area contributed by atoms with E-state index in [1.165, 1.54) is 4.90 Å². The first-order chi connectivity index (χ1) is 19.3. The highest BCUT2D eigenvalue weighted by Crippen LogP contribution is 2.41. The number of amides is 3. The fraction of sp³-hybridized carbons (Fsp3) is 0.464. The average molecular weight is 554 g/mol. The fourth-order valence-corrected chi connectivity index (χ4v) is 5.45. The number of aliphatic carboxylic acids is 1. The molecule has 1 saturated heterocycles. The van der Waals surface area contributed by atoms with Crippen LogP contribution in [0.1, 0.15) is 37.7 Å². The van der Waals surface area contributed by atoms with Crippen LogP contribution in [0.5, 0.6) is 0 Å². The van der Waals surface area contributed by atoms with Gasteiger partial charge < -0.3 is 35.8 Å². The summed E-state index contributed by atoms with van der Waals surface area (Å²) in [5.41, 5.74) is 0.0646. The number of carboxylic acid groups (broad SMARTS) is 2. The summed E-state index contributed by atoms with van der Waals surface area (Å²) in [6, 6.07) is 13.0. The quantitative estimate of drug-likeness (QED) is 0.263. The van der Waals surface area contributed by atoms with E-state index in [0.29, 0.717) is 31.6 Å². The van der Waals surface area contributed by atoms with Crippen LogP contribution in [0, 0.1) is 0 Å². The van der Waals surface area contributed by atoms with Crippen molar-refractivity contribution in [3.63, 3.8) is 0 Å². The van der Waals surface area contributed by atoms with Crippen molar-refractivity contribution in [1.82, 2.24) is 20.5 Å². The van der Waals surface area contributed by atoms with Crippen molar-refractivity contribution in [3.05, 3.63) is 60.3 Å². The van der Waals surface area contributed by atoms with E-state index < -0.39 is 35.5 Å². The lowest BCUT2D eigenvalue weighted by molar-refractivity contribution is -0.143. The van der Waals surface area contributed by atoms with Crippen LogP contribution in [0.4, 0.5) is 10.6 Å². The van der Waals surface area contributed by atoms with E-state index in [9.17, 15) is 29.4 Å². The van der Waals surface area contributed by atoms with Gasteiger partial charge in [-0.1, -0.05) is 49.2 Å². The van der Waals surface area contributed by atoms with Gasteiger partial charge in [-0.05, 0) is 37.0 Å². The van der Waals surface area contributed by atoms with E-state index in [-0.39, 0.29) is 31.6 Å². The minimum atomic E-state index is -1.31. The molecular formula is C28H35N5O7. The third-order valence-corrected chi connectivity index (χ3v) is 7.58. The SMILES string of the molecule is O=C(COC1CC(CNc2ccccn2)N(C(=O)O)C1)NCC(NC(=O)C1(c2ccccc2)CCCC1)C(=O)O. The minimum Gasteiger partial charge on any atom is -0.480 e. The zero-order valence-corrected chi connectivity index (χ0v) is 22.1. The van der Waals surface area contributed by atoms with Gasteiger partial charge in [0, 0.05) is 19.3 Å². The van der Waals surface area contributed by atoms with Crippen molar-refractivity contribution in [2.75, 3.05) is 31.6 Å². The Bertz CT molecular complexity index is 1170. The fourth-order valence-electron chi connectivity index (χ4n) is 5.45. The number of anilines is 1. The first kappa shape index (κ1) is 28.8. The van der Waals surface area contributed by atoms with Gasteiger partial charge in [-0.3, -0.25) is 9.59 Å². The van der Waals surface area contributed by atoms with Crippen LogP contribution in [0.2, 0.25) is 0 Å². The second-order valence-electron chi connectivity index (χ2n) is 10.2. The molecule has 3 amide bonds. The normalized spacial score (nSPS) is 20.4. The molecule has 0 spiro atoms. The number of hydrogen-bond donors (Lipinski definition) is 5. The van der Waals surface area contributed by atoms with Crippen LogP contribution in [0.3, 0.4) is 0 Å². The highest BCUT2D eigenvalue weighted by molar-refractivity contribution is 5.92. The van der Waals surface area contributed by atoms with Crippen LogP contribution in [-0.2, 0) is 24.5 Å². The van der Waals surface area contributed by atoms with Crippen molar-refractivity contribution < 1.29 is 34.1 Å². The zero-order valence-electron chi connectivity index (χ0n) is 22.1. The molecule has 1 aliphatic carbocycles. The molecule has 1 aromatic heterocycles. The van der Waals surface area contributed by atoms with Gasteiger partial charge in [0.25, 0.3) is 0 Å². The molecule has 4 rings (SSSR count). The topological polar surface area (TPSA) is 170 Å². The largest absolute Gasteiger partial charge is 0.480 e. The molecule has 3 unspecified atom stereocenters. The first-order valence-electron chi connectivity index (χ1n) is 13.4. The van der Waals surface area contributed by atoms with Crippen molar-refractivity contribution in [2.45, 2.75) is 55.7 Å². The molecule has 12 nitrogen and oxygen atoms in total. The molecule has 40 heavy (non-hydrogen) atoms. The number of ether oxygens (including phenoxy) is 1. The second kappa shape index (κ2) is 13.2. The highest BCUT2D eigenvalue weighted by atomic mass is 16.5. The molecule has 1 saturated carbocycles. The number of likely N-dealkylation sites (tertiary alicyclic amines) is 1. The molecule has 0 bridgehead atoms. The van der Waals surface area contributed by atoms with Gasteiger partial charge in [0.15, 0.2) is 0 Å². The number of carboxylic acids is 1. The average Bonchev–Trinajstić information content (AvgIpc) is 3.62. The standard InChI is InChI=1S/C28H35N5O7/c34-24(18-40-21-14-20(33(17-21)27(38)39)15-30-23-10-4-7-13-29-23)31-16-22(25(35)36)32-26(37)28(11-5-6-12-28)19-8-2-1-3-9-19/h1-4,7-10,13,20-22H,5-6,11-12,14-18H2,(H,29,30)(H,31,34)(H,32,37)(H,35,36)(H,38,39). The lowest BCUT2D eigenvalue weighted by Crippen LogP contribution is -2.54. The smallest absolute Gasteiger partial charge is 0.407 e. The molecule has 3 atom stereocenters. The van der Waals surface area contributed by atoms with Gasteiger partial charge in [-0.2, -0.15) is 0 Å². The van der Waals surface area contributed by atoms with Crippen LogP contribution < -0.4 is 16.0 Å². The molecule has 214 valence electrons. The Morgan fingerprint density at radius 2 is 1.77 bits per heavy atom. The summed E-state index contributed by atoms with van der Waals surface area (Å²) in [5.74, 6) is -1.55. The van der Waals surface area contributed by atoms with Gasteiger partial charge in [0.05, 0.1) is 24.1 Å². The molecule has 12 heteroatoms. The maximum absolute atomic E-state index is 13.3. The monoisotopic (exact) mass is 553 g/mol. The lowest BCUT2D eigenvalue weighted by Gasteiger charge is -2.30. The Morgan fingerprint density at radius 3 is 2.42 bits per heavy atom. The molecule has 0 radical (unpaired) electrons. The van der Waals surface area contributed by atoms with Crippen molar-refractivity contribution in [2.24, 2.45) is 0 Å². The molecule has 2 aliphatic rings. The van der Waals surface area contributed by atoms with Crippen LogP contribution >= 0.6 is 0 Å². The molecule has 2 aromatic rings. The second-order valence-corrected chi connectivity index (χ2v) is 10.2. The Kier molecular flexibility index (Phi) is 9.54. The predicted molar refractivity (Wildman–Crippen MR) is 145 cm³/mol. The number of carbonyl (C=O) groups excluding carboxylic acids is 2. The highest BCUT2D eigenvalue weighted by Gasteiger charge is 2.44. The molecule has 1 aliphatic heterocycles. The van der Waals surface area contributed by atoms with Gasteiger partial charge >= 0.3 is 12.1 Å². The predicted octanol–water partition coefficient (Wildman–Crippen LogP) is 1.83. The Balaban J connectivity index is 1.26. The summed E-state index contributed by atoms with van der Waals surface area (Å²) in [4.78, 5) is 54.8. The summed E-state index contributed by atoms with van der Waals surface area (Å²) >= 11 is 0. The third kappa shape index (κ3) is 7.06. The molecule has 5 N–H and O–H groups in total. The van der Waals surface area contributed by atoms with Crippen molar-refractivity contribution in [1.29, 1.82) is 0 Å². The first-order valence-corrected chi connectivity index (χ1v) is 13.4. The summed E-state index contributed by atoms with van der Waals surface area (Å²) in [7, 11) is 0. The third-order valence-electron chi connectivity index (χ3n) is 7.58. The van der Waals surface area contributed by atoms with Gasteiger partial charge in [0.2, 0.25) is 11.8 Å². The molecular weight excluding hydrogens is 518 g/mol. The van der Waals surface area contributed by atoms with Gasteiger partial charge in [-0.15, -0.1) is 0 Å². The molecule has 2 fully saturated rings. The summed E-state index contributed by atoms with van der Waals surface area (Å²) < 4.78 is 5.66. The number of nitrogens with one attached hydrogen (secondary N) is 3. The van der Waals surface area contributed by atoms with Crippen LogP contribution in [0.25, 0.3) is 0 Å². The van der Waals surface area contributed by atoms with Gasteiger partial charge in [-0.25, -0.2) is 14.6 Å². The van der Waals surface area contributed by atoms with Gasteiger partial charge in [0.1, 0.15) is 18.5 Å². The van der Waals surface area contributed by atoms with E-state index in [2.05, 4.69) is 20.9 Å². The number of pyridine rings is 1. The Labute approximate surface area is 232 Å². The van der Waals surface area contributed by atoms with E-state index in [1.807, 2.05) is 36.4 Å². The number of carbonyl (C=O) groups is 4. The van der Waals surface area contributed by atoms with E-state index in [1.54, 1.807) is 18.3 Å². The zero-order chi connectivity index (χ0) is 28.5. The number of rotatable bonds is 12. The lowest BCUT2D eigenvalue weighted by atomic mass is 9.78. The number of benzene rings is 1. The van der Waals surface area contributed by atoms with Crippen LogP contribution in [-0.4, -0.2) is 88.4 Å². The van der Waals surface area contributed by atoms with E-state index >= 15 is 0 Å². The van der Waals surface area contributed by atoms with Crippen molar-refractivity contribution >= 4 is 29.7 Å². The summed E-state index contributed by atoms with van der Waals surface area (Å²) in [5, 5.41) is 27.5. The van der Waals surface area contributed by atoms with Crippen molar-refractivity contribution in [3.8, 4) is 0 Å². The molecule has 2 heterocycles. The number of hydrogen-bond acceptors (Lipinski definition) is 7.